The van der Waals surface area contributed by atoms with Gasteiger partial charge in [-0.2, -0.15) is 0 Å². The van der Waals surface area contributed by atoms with E-state index in [1.54, 1.807) is 7.11 Å². The fourth-order valence-corrected chi connectivity index (χ4v) is 3.07. The Kier molecular flexibility index (Phi) is 5.55. The first-order valence-corrected chi connectivity index (χ1v) is 7.85. The van der Waals surface area contributed by atoms with Gasteiger partial charge in [0.05, 0.1) is 12.8 Å². The molecule has 2 rings (SSSR count). The molecule has 0 saturated carbocycles. The van der Waals surface area contributed by atoms with Gasteiger partial charge >= 0.3 is 0 Å². The number of anilines is 1. The molecule has 20 heavy (non-hydrogen) atoms. The summed E-state index contributed by atoms with van der Waals surface area (Å²) in [5.74, 6) is 1.53. The molecule has 0 bridgehead atoms. The summed E-state index contributed by atoms with van der Waals surface area (Å²) in [4.78, 5) is 2.39. The van der Waals surface area contributed by atoms with Crippen LogP contribution in [0.2, 0.25) is 5.02 Å². The molecule has 0 radical (unpaired) electrons. The fraction of sp³-hybridized carbons (Fsp3) is 0.625. The van der Waals surface area contributed by atoms with E-state index in [0.717, 1.165) is 42.5 Å². The van der Waals surface area contributed by atoms with E-state index in [1.807, 2.05) is 18.2 Å². The molecule has 0 aromatic heterocycles. The Bertz CT molecular complexity index is 438. The number of hydrogen-bond acceptors (Lipinski definition) is 3. The van der Waals surface area contributed by atoms with E-state index in [1.165, 1.54) is 6.42 Å². The van der Waals surface area contributed by atoms with Gasteiger partial charge in [0, 0.05) is 24.2 Å². The van der Waals surface area contributed by atoms with Crippen LogP contribution < -0.4 is 15.0 Å². The summed E-state index contributed by atoms with van der Waals surface area (Å²) in [6.45, 7) is 7.72. The van der Waals surface area contributed by atoms with Gasteiger partial charge in [0.2, 0.25) is 0 Å². The zero-order valence-corrected chi connectivity index (χ0v) is 13.4. The minimum atomic E-state index is 0.622. The Balaban J connectivity index is 2.07. The molecule has 2 unspecified atom stereocenters. The van der Waals surface area contributed by atoms with Gasteiger partial charge in [-0.25, -0.2) is 0 Å². The summed E-state index contributed by atoms with van der Waals surface area (Å²) < 4.78 is 5.46. The van der Waals surface area contributed by atoms with Crippen molar-refractivity contribution in [1.82, 2.24) is 5.32 Å². The van der Waals surface area contributed by atoms with Gasteiger partial charge in [-0.3, -0.25) is 0 Å². The van der Waals surface area contributed by atoms with Crippen molar-refractivity contribution in [2.45, 2.75) is 32.7 Å². The van der Waals surface area contributed by atoms with E-state index >= 15 is 0 Å². The van der Waals surface area contributed by atoms with Crippen LogP contribution in [-0.4, -0.2) is 32.8 Å². The molecule has 1 aliphatic heterocycles. The van der Waals surface area contributed by atoms with Crippen molar-refractivity contribution in [3.63, 3.8) is 0 Å². The lowest BCUT2D eigenvalue weighted by Gasteiger charge is -2.39. The monoisotopic (exact) mass is 296 g/mol. The second kappa shape index (κ2) is 7.19. The molecule has 1 aromatic rings. The molecule has 1 saturated heterocycles. The van der Waals surface area contributed by atoms with Gasteiger partial charge in [-0.05, 0) is 43.5 Å². The number of methoxy groups -OCH3 is 1. The maximum absolute atomic E-state index is 6.13. The Morgan fingerprint density at radius 1 is 1.45 bits per heavy atom. The zero-order chi connectivity index (χ0) is 14.5. The highest BCUT2D eigenvalue weighted by Gasteiger charge is 2.27. The third-order valence-electron chi connectivity index (χ3n) is 4.04. The average Bonchev–Trinajstić information content (AvgIpc) is 2.46. The summed E-state index contributed by atoms with van der Waals surface area (Å²) in [5, 5.41) is 4.41. The molecule has 1 fully saturated rings. The number of hydrogen-bond donors (Lipinski definition) is 1. The van der Waals surface area contributed by atoms with E-state index in [2.05, 4.69) is 24.1 Å². The molecule has 3 nitrogen and oxygen atoms in total. The van der Waals surface area contributed by atoms with Gasteiger partial charge in [0.25, 0.3) is 0 Å². The Hall–Kier alpha value is -0.930. The van der Waals surface area contributed by atoms with Crippen LogP contribution in [0.4, 0.5) is 5.69 Å². The average molecular weight is 297 g/mol. The molecule has 0 amide bonds. The third-order valence-corrected chi connectivity index (χ3v) is 4.28. The standard InChI is InChI=1S/C16H25ClN2O/c1-4-8-18-14-7-9-19(11-12(14)2)15-10-13(17)5-6-16(15)20-3/h5-6,10,12,14,18H,4,7-9,11H2,1-3H3. The number of rotatable bonds is 5. The lowest BCUT2D eigenvalue weighted by Crippen LogP contribution is -2.48. The van der Waals surface area contributed by atoms with Crippen molar-refractivity contribution in [1.29, 1.82) is 0 Å². The van der Waals surface area contributed by atoms with Gasteiger partial charge < -0.3 is 15.0 Å². The summed E-state index contributed by atoms with van der Waals surface area (Å²) in [5.41, 5.74) is 1.11. The second-order valence-electron chi connectivity index (χ2n) is 5.59. The molecule has 0 spiro atoms. The molecule has 1 aliphatic rings. The second-order valence-corrected chi connectivity index (χ2v) is 6.03. The maximum atomic E-state index is 6.13. The van der Waals surface area contributed by atoms with Crippen LogP contribution in [0.15, 0.2) is 18.2 Å². The fourth-order valence-electron chi connectivity index (χ4n) is 2.91. The maximum Gasteiger partial charge on any atom is 0.142 e. The summed E-state index contributed by atoms with van der Waals surface area (Å²) in [7, 11) is 1.71. The van der Waals surface area contributed by atoms with Gasteiger partial charge in [0.15, 0.2) is 0 Å². The molecule has 1 heterocycles. The van der Waals surface area contributed by atoms with E-state index in [9.17, 15) is 0 Å². The molecular formula is C16H25ClN2O. The lowest BCUT2D eigenvalue weighted by atomic mass is 9.93. The van der Waals surface area contributed by atoms with Crippen molar-refractivity contribution in [2.24, 2.45) is 5.92 Å². The minimum absolute atomic E-state index is 0.622. The first kappa shape index (κ1) is 15.5. The van der Waals surface area contributed by atoms with Crippen LogP contribution in [0.1, 0.15) is 26.7 Å². The van der Waals surface area contributed by atoms with E-state index in [4.69, 9.17) is 16.3 Å². The molecular weight excluding hydrogens is 272 g/mol. The van der Waals surface area contributed by atoms with Crippen molar-refractivity contribution in [3.8, 4) is 5.75 Å². The highest BCUT2D eigenvalue weighted by atomic mass is 35.5. The van der Waals surface area contributed by atoms with Crippen LogP contribution in [0.5, 0.6) is 5.75 Å². The van der Waals surface area contributed by atoms with Crippen LogP contribution in [0.3, 0.4) is 0 Å². The molecule has 4 heteroatoms. The van der Waals surface area contributed by atoms with E-state index in [-0.39, 0.29) is 0 Å². The largest absolute Gasteiger partial charge is 0.495 e. The molecule has 2 atom stereocenters. The quantitative estimate of drug-likeness (QED) is 0.899. The first-order valence-electron chi connectivity index (χ1n) is 7.47. The predicted octanol–water partition coefficient (Wildman–Crippen LogP) is 3.56. The Morgan fingerprint density at radius 3 is 2.90 bits per heavy atom. The highest BCUT2D eigenvalue weighted by Crippen LogP contribution is 2.33. The first-order chi connectivity index (χ1) is 9.65. The summed E-state index contributed by atoms with van der Waals surface area (Å²) >= 11 is 6.13. The van der Waals surface area contributed by atoms with Gasteiger partial charge in [-0.1, -0.05) is 25.4 Å². The number of benzene rings is 1. The van der Waals surface area contributed by atoms with E-state index < -0.39 is 0 Å². The molecule has 0 aliphatic carbocycles. The van der Waals surface area contributed by atoms with Crippen LogP contribution in [0.25, 0.3) is 0 Å². The van der Waals surface area contributed by atoms with Crippen molar-refractivity contribution >= 4 is 17.3 Å². The Morgan fingerprint density at radius 2 is 2.25 bits per heavy atom. The minimum Gasteiger partial charge on any atom is -0.495 e. The Labute approximate surface area is 127 Å². The van der Waals surface area contributed by atoms with Crippen molar-refractivity contribution < 1.29 is 4.74 Å². The smallest absolute Gasteiger partial charge is 0.142 e. The number of nitrogens with zero attached hydrogens (tertiary/aromatic N) is 1. The van der Waals surface area contributed by atoms with Gasteiger partial charge in [-0.15, -0.1) is 0 Å². The number of piperidine rings is 1. The highest BCUT2D eigenvalue weighted by molar-refractivity contribution is 6.30. The van der Waals surface area contributed by atoms with Crippen molar-refractivity contribution in [3.05, 3.63) is 23.2 Å². The van der Waals surface area contributed by atoms with Crippen LogP contribution in [-0.2, 0) is 0 Å². The third kappa shape index (κ3) is 3.58. The number of ether oxygens (including phenoxy) is 1. The molecule has 1 N–H and O–H groups in total. The summed E-state index contributed by atoms with van der Waals surface area (Å²) in [6, 6.07) is 6.45. The van der Waals surface area contributed by atoms with Crippen LogP contribution >= 0.6 is 11.6 Å². The normalized spacial score (nSPS) is 22.9. The molecule has 112 valence electrons. The topological polar surface area (TPSA) is 24.5 Å². The van der Waals surface area contributed by atoms with E-state index in [0.29, 0.717) is 12.0 Å². The van der Waals surface area contributed by atoms with Gasteiger partial charge in [0.1, 0.15) is 5.75 Å². The lowest BCUT2D eigenvalue weighted by molar-refractivity contribution is 0.320. The zero-order valence-electron chi connectivity index (χ0n) is 12.7. The molecule has 1 aromatic carbocycles. The summed E-state index contributed by atoms with van der Waals surface area (Å²) in [6.07, 6.45) is 2.35. The predicted molar refractivity (Wildman–Crippen MR) is 86.1 cm³/mol. The number of nitrogens with one attached hydrogen (secondary N) is 1. The van der Waals surface area contributed by atoms with Crippen molar-refractivity contribution in [2.75, 3.05) is 31.6 Å². The van der Waals surface area contributed by atoms with Crippen LogP contribution in [0, 0.1) is 5.92 Å². The number of halogens is 1. The SMILES string of the molecule is CCCNC1CCN(c2cc(Cl)ccc2OC)CC1C.